The Morgan fingerprint density at radius 1 is 1.12 bits per heavy atom. The molecule has 1 fully saturated rings. The zero-order chi connectivity index (χ0) is 18.4. The molecule has 2 heterocycles. The van der Waals surface area contributed by atoms with Crippen LogP contribution in [0, 0.1) is 5.92 Å². The normalized spacial score (nSPS) is 15.0. The van der Waals surface area contributed by atoms with E-state index >= 15 is 0 Å². The average Bonchev–Trinajstić information content (AvgIpc) is 3.22. The highest BCUT2D eigenvalue weighted by Gasteiger charge is 2.31. The van der Waals surface area contributed by atoms with Crippen molar-refractivity contribution in [3.05, 3.63) is 60.1 Å². The van der Waals surface area contributed by atoms with E-state index < -0.39 is 0 Å². The molecule has 1 aromatic carbocycles. The fraction of sp³-hybridized carbons (Fsp3) is 0.429. The number of benzene rings is 1. The first-order chi connectivity index (χ1) is 12.7. The zero-order valence-electron chi connectivity index (χ0n) is 15.3. The third kappa shape index (κ3) is 4.34. The lowest BCUT2D eigenvalue weighted by Gasteiger charge is -2.34. The minimum atomic E-state index is -0.0874. The van der Waals surface area contributed by atoms with Gasteiger partial charge in [-0.2, -0.15) is 0 Å². The molecule has 1 aliphatic heterocycles. The summed E-state index contributed by atoms with van der Waals surface area (Å²) in [7, 11) is 0. The van der Waals surface area contributed by atoms with Crippen LogP contribution in [0.25, 0.3) is 0 Å². The van der Waals surface area contributed by atoms with Crippen LogP contribution >= 0.6 is 0 Å². The number of nitrogens with zero attached hydrogens (tertiary/aromatic N) is 2. The summed E-state index contributed by atoms with van der Waals surface area (Å²) in [6.45, 7) is 4.71. The molecule has 5 heteroatoms. The van der Waals surface area contributed by atoms with Gasteiger partial charge in [0.15, 0.2) is 5.76 Å². The predicted molar refractivity (Wildman–Crippen MR) is 99.5 cm³/mol. The van der Waals surface area contributed by atoms with E-state index in [1.165, 1.54) is 6.26 Å². The number of rotatable bonds is 6. The predicted octanol–water partition coefficient (Wildman–Crippen LogP) is 3.57. The molecule has 26 heavy (non-hydrogen) atoms. The van der Waals surface area contributed by atoms with E-state index in [9.17, 15) is 9.59 Å². The lowest BCUT2D eigenvalue weighted by Crippen LogP contribution is -2.44. The van der Waals surface area contributed by atoms with Crippen LogP contribution in [0.4, 0.5) is 0 Å². The Balaban J connectivity index is 1.58. The Morgan fingerprint density at radius 3 is 2.46 bits per heavy atom. The summed E-state index contributed by atoms with van der Waals surface area (Å²) < 4.78 is 5.19. The quantitative estimate of drug-likeness (QED) is 0.797. The SMILES string of the molecule is CCCN(Cc1ccccc1)C(=O)C1CCN(C(=O)c2ccco2)CC1. The number of amides is 2. The number of hydrogen-bond donors (Lipinski definition) is 0. The summed E-state index contributed by atoms with van der Waals surface area (Å²) in [5, 5.41) is 0. The van der Waals surface area contributed by atoms with Crippen LogP contribution in [0.2, 0.25) is 0 Å². The summed E-state index contributed by atoms with van der Waals surface area (Å²) in [6, 6.07) is 13.5. The van der Waals surface area contributed by atoms with Crippen molar-refractivity contribution in [1.29, 1.82) is 0 Å². The minimum Gasteiger partial charge on any atom is -0.459 e. The van der Waals surface area contributed by atoms with Gasteiger partial charge in [0.25, 0.3) is 5.91 Å². The first kappa shape index (κ1) is 18.2. The zero-order valence-corrected chi connectivity index (χ0v) is 15.3. The molecular weight excluding hydrogens is 328 g/mol. The highest BCUT2D eigenvalue weighted by Crippen LogP contribution is 2.22. The van der Waals surface area contributed by atoms with Crippen molar-refractivity contribution in [2.45, 2.75) is 32.7 Å². The third-order valence-electron chi connectivity index (χ3n) is 4.88. The first-order valence-electron chi connectivity index (χ1n) is 9.34. The summed E-state index contributed by atoms with van der Waals surface area (Å²) in [4.78, 5) is 29.1. The van der Waals surface area contributed by atoms with E-state index in [1.807, 2.05) is 23.1 Å². The highest BCUT2D eigenvalue weighted by molar-refractivity contribution is 5.91. The van der Waals surface area contributed by atoms with Crippen molar-refractivity contribution < 1.29 is 14.0 Å². The number of carbonyl (C=O) groups excluding carboxylic acids is 2. The van der Waals surface area contributed by atoms with Crippen LogP contribution in [-0.2, 0) is 11.3 Å². The molecule has 0 atom stereocenters. The monoisotopic (exact) mass is 354 g/mol. The molecule has 138 valence electrons. The molecule has 0 radical (unpaired) electrons. The lowest BCUT2D eigenvalue weighted by atomic mass is 9.94. The van der Waals surface area contributed by atoms with Gasteiger partial charge in [0, 0.05) is 32.1 Å². The van der Waals surface area contributed by atoms with Gasteiger partial charge in [-0.25, -0.2) is 0 Å². The molecule has 0 spiro atoms. The van der Waals surface area contributed by atoms with Crippen LogP contribution < -0.4 is 0 Å². The van der Waals surface area contributed by atoms with Crippen LogP contribution in [-0.4, -0.2) is 41.2 Å². The summed E-state index contributed by atoms with van der Waals surface area (Å²) >= 11 is 0. The second kappa shape index (κ2) is 8.70. The molecule has 3 rings (SSSR count). The summed E-state index contributed by atoms with van der Waals surface area (Å²) in [6.07, 6.45) is 3.87. The van der Waals surface area contributed by atoms with Crippen molar-refractivity contribution in [3.63, 3.8) is 0 Å². The van der Waals surface area contributed by atoms with Crippen molar-refractivity contribution in [1.82, 2.24) is 9.80 Å². The maximum Gasteiger partial charge on any atom is 0.289 e. The highest BCUT2D eigenvalue weighted by atomic mass is 16.3. The fourth-order valence-electron chi connectivity index (χ4n) is 3.48. The fourth-order valence-corrected chi connectivity index (χ4v) is 3.48. The van der Waals surface area contributed by atoms with E-state index in [0.29, 0.717) is 38.2 Å². The van der Waals surface area contributed by atoms with Gasteiger partial charge in [-0.15, -0.1) is 0 Å². The smallest absolute Gasteiger partial charge is 0.289 e. The maximum absolute atomic E-state index is 13.0. The van der Waals surface area contributed by atoms with Crippen molar-refractivity contribution in [2.24, 2.45) is 5.92 Å². The first-order valence-corrected chi connectivity index (χ1v) is 9.34. The Labute approximate surface area is 154 Å². The van der Waals surface area contributed by atoms with Crippen LogP contribution in [0.3, 0.4) is 0 Å². The molecule has 0 N–H and O–H groups in total. The van der Waals surface area contributed by atoms with Gasteiger partial charge in [-0.1, -0.05) is 37.3 Å². The third-order valence-corrected chi connectivity index (χ3v) is 4.88. The van der Waals surface area contributed by atoms with Gasteiger partial charge < -0.3 is 14.2 Å². The largest absolute Gasteiger partial charge is 0.459 e. The van der Waals surface area contributed by atoms with E-state index in [1.54, 1.807) is 17.0 Å². The van der Waals surface area contributed by atoms with Gasteiger partial charge in [0.1, 0.15) is 0 Å². The van der Waals surface area contributed by atoms with E-state index in [2.05, 4.69) is 19.1 Å². The number of likely N-dealkylation sites (tertiary alicyclic amines) is 1. The van der Waals surface area contributed by atoms with Crippen LogP contribution in [0.15, 0.2) is 53.1 Å². The molecule has 0 bridgehead atoms. The molecule has 2 amide bonds. The van der Waals surface area contributed by atoms with Gasteiger partial charge in [-0.3, -0.25) is 9.59 Å². The molecular formula is C21H26N2O3. The maximum atomic E-state index is 13.0. The minimum absolute atomic E-state index is 0.00841. The van der Waals surface area contributed by atoms with E-state index in [0.717, 1.165) is 18.5 Å². The average molecular weight is 354 g/mol. The Hall–Kier alpha value is -2.56. The summed E-state index contributed by atoms with van der Waals surface area (Å²) in [5.41, 5.74) is 1.15. The van der Waals surface area contributed by atoms with E-state index in [-0.39, 0.29) is 17.7 Å². The number of carbonyl (C=O) groups is 2. The molecule has 1 saturated heterocycles. The molecule has 1 aromatic heterocycles. The van der Waals surface area contributed by atoms with E-state index in [4.69, 9.17) is 4.42 Å². The topological polar surface area (TPSA) is 53.8 Å². The Kier molecular flexibility index (Phi) is 6.10. The molecule has 1 aliphatic rings. The lowest BCUT2D eigenvalue weighted by molar-refractivity contribution is -0.137. The molecule has 5 nitrogen and oxygen atoms in total. The van der Waals surface area contributed by atoms with Crippen LogP contribution in [0.5, 0.6) is 0 Å². The summed E-state index contributed by atoms with van der Waals surface area (Å²) in [5.74, 6) is 0.480. The molecule has 0 unspecified atom stereocenters. The molecule has 0 saturated carbocycles. The Bertz CT molecular complexity index is 704. The second-order valence-electron chi connectivity index (χ2n) is 6.79. The molecule has 0 aliphatic carbocycles. The van der Waals surface area contributed by atoms with Gasteiger partial charge in [0.2, 0.25) is 5.91 Å². The van der Waals surface area contributed by atoms with Crippen molar-refractivity contribution in [3.8, 4) is 0 Å². The number of furan rings is 1. The standard InChI is InChI=1S/C21H26N2O3/c1-2-12-23(16-17-7-4-3-5-8-17)20(24)18-10-13-22(14-11-18)21(25)19-9-6-15-26-19/h3-9,15,18H,2,10-14,16H2,1H3. The van der Waals surface area contributed by atoms with Crippen molar-refractivity contribution >= 4 is 11.8 Å². The van der Waals surface area contributed by atoms with Gasteiger partial charge in [-0.05, 0) is 37.0 Å². The van der Waals surface area contributed by atoms with Crippen molar-refractivity contribution in [2.75, 3.05) is 19.6 Å². The number of piperidine rings is 1. The van der Waals surface area contributed by atoms with Gasteiger partial charge in [0.05, 0.1) is 6.26 Å². The second-order valence-corrected chi connectivity index (χ2v) is 6.79. The molecule has 2 aromatic rings. The van der Waals surface area contributed by atoms with Gasteiger partial charge >= 0.3 is 0 Å². The van der Waals surface area contributed by atoms with Crippen LogP contribution in [0.1, 0.15) is 42.3 Å². The Morgan fingerprint density at radius 2 is 1.85 bits per heavy atom. The number of hydrogen-bond acceptors (Lipinski definition) is 3.